The van der Waals surface area contributed by atoms with E-state index in [4.69, 9.17) is 19.3 Å². The summed E-state index contributed by atoms with van der Waals surface area (Å²) in [5.74, 6) is -0.159. The van der Waals surface area contributed by atoms with Crippen molar-refractivity contribution in [2.45, 2.75) is 59.8 Å². The molecule has 0 radical (unpaired) electrons. The van der Waals surface area contributed by atoms with Crippen LogP contribution in [0.15, 0.2) is 18.2 Å². The molecule has 196 valence electrons. The summed E-state index contributed by atoms with van der Waals surface area (Å²) in [7, 11) is 0. The van der Waals surface area contributed by atoms with E-state index in [-0.39, 0.29) is 29.5 Å². The van der Waals surface area contributed by atoms with Gasteiger partial charge in [0.05, 0.1) is 27.9 Å². The summed E-state index contributed by atoms with van der Waals surface area (Å²) in [4.78, 5) is 35.1. The molecule has 0 amide bonds. The Balaban J connectivity index is 2.18. The number of phenolic OH excluding ortho intramolecular Hbond substituents is 1. The van der Waals surface area contributed by atoms with Crippen LogP contribution in [0.4, 0.5) is 0 Å². The molecule has 0 saturated carbocycles. The molecule has 0 heterocycles. The fourth-order valence-corrected chi connectivity index (χ4v) is 4.59. The molecule has 0 aromatic heterocycles. The van der Waals surface area contributed by atoms with Gasteiger partial charge in [0.2, 0.25) is 0 Å². The van der Waals surface area contributed by atoms with Crippen molar-refractivity contribution < 1.29 is 38.8 Å². The Hall–Kier alpha value is -2.82. The van der Waals surface area contributed by atoms with Crippen molar-refractivity contribution in [2.75, 3.05) is 19.8 Å². The second-order valence-corrected chi connectivity index (χ2v) is 9.49. The van der Waals surface area contributed by atoms with E-state index in [2.05, 4.69) is 22.6 Å². The molecule has 0 saturated heterocycles. The first-order chi connectivity index (χ1) is 17.1. The van der Waals surface area contributed by atoms with E-state index >= 15 is 0 Å². The molecule has 36 heavy (non-hydrogen) atoms. The average molecular weight is 612 g/mol. The highest BCUT2D eigenvalue weighted by Gasteiger charge is 2.21. The van der Waals surface area contributed by atoms with Gasteiger partial charge in [0.1, 0.15) is 23.0 Å². The summed E-state index contributed by atoms with van der Waals surface area (Å²) in [5.41, 5.74) is 1.97. The Bertz CT molecular complexity index is 1110. The molecule has 0 atom stereocenters. The lowest BCUT2D eigenvalue weighted by Gasteiger charge is -2.19. The number of hydrogen-bond donors (Lipinski definition) is 2. The molecule has 0 spiro atoms. The van der Waals surface area contributed by atoms with Crippen LogP contribution in [0.2, 0.25) is 0 Å². The second-order valence-electron chi connectivity index (χ2n) is 8.33. The number of phenols is 1. The number of aliphatic carboxylic acids is 1. The topological polar surface area (TPSA) is 119 Å². The minimum Gasteiger partial charge on any atom is -0.507 e. The average Bonchev–Trinajstić information content (AvgIpc) is 2.81. The first-order valence-corrected chi connectivity index (χ1v) is 13.0. The number of carbonyl (C=O) groups is 3. The zero-order chi connectivity index (χ0) is 26.8. The van der Waals surface area contributed by atoms with E-state index < -0.39 is 12.6 Å². The van der Waals surface area contributed by atoms with Crippen molar-refractivity contribution in [1.82, 2.24) is 0 Å². The van der Waals surface area contributed by atoms with E-state index in [0.29, 0.717) is 59.8 Å². The number of benzene rings is 2. The molecule has 2 aromatic carbocycles. The SMILES string of the molecule is CCCc1c(O)c(C(C)=O)cc(I)c1OCCCOc1c(C(C)=O)ccc(OCC(=O)O)c1CCC. The predicted molar refractivity (Wildman–Crippen MR) is 144 cm³/mol. The molecule has 0 aliphatic carbocycles. The van der Waals surface area contributed by atoms with Crippen LogP contribution in [-0.4, -0.2) is 47.6 Å². The third-order valence-electron chi connectivity index (χ3n) is 5.41. The van der Waals surface area contributed by atoms with Crippen molar-refractivity contribution in [3.63, 3.8) is 0 Å². The number of rotatable bonds is 15. The Morgan fingerprint density at radius 1 is 0.861 bits per heavy atom. The van der Waals surface area contributed by atoms with Crippen LogP contribution in [0.3, 0.4) is 0 Å². The smallest absolute Gasteiger partial charge is 0.341 e. The molecule has 0 bridgehead atoms. The normalized spacial score (nSPS) is 10.7. The number of carboxylic acids is 1. The third-order valence-corrected chi connectivity index (χ3v) is 6.21. The van der Waals surface area contributed by atoms with E-state index in [0.717, 1.165) is 16.4 Å². The Morgan fingerprint density at radius 3 is 2.00 bits per heavy atom. The number of ketones is 2. The van der Waals surface area contributed by atoms with Gasteiger partial charge < -0.3 is 24.4 Å². The molecule has 0 aliphatic rings. The van der Waals surface area contributed by atoms with Gasteiger partial charge in [-0.1, -0.05) is 26.7 Å². The highest BCUT2D eigenvalue weighted by Crippen LogP contribution is 2.38. The molecule has 2 rings (SSSR count). The third kappa shape index (κ3) is 7.59. The van der Waals surface area contributed by atoms with Gasteiger partial charge in [-0.2, -0.15) is 0 Å². The lowest BCUT2D eigenvalue weighted by Crippen LogP contribution is -2.13. The standard InChI is InChI=1S/C27H33IO8/c1-5-8-19-23(36-15-24(31)32)11-10-18(16(3)29)26(19)34-12-7-13-35-27-20(9-6-2)25(33)21(17(4)30)14-22(27)28/h10-11,14,33H,5-9,12-13,15H2,1-4H3,(H,31,32). The lowest BCUT2D eigenvalue weighted by atomic mass is 10.0. The molecule has 2 N–H and O–H groups in total. The summed E-state index contributed by atoms with van der Waals surface area (Å²) < 4.78 is 18.2. The molecule has 8 nitrogen and oxygen atoms in total. The van der Waals surface area contributed by atoms with Crippen LogP contribution in [0.1, 0.15) is 78.8 Å². The summed E-state index contributed by atoms with van der Waals surface area (Å²) in [6.45, 7) is 6.88. The fraction of sp³-hybridized carbons (Fsp3) is 0.444. The van der Waals surface area contributed by atoms with Crippen LogP contribution in [0, 0.1) is 3.57 Å². The number of aromatic hydroxyl groups is 1. The first kappa shape index (κ1) is 29.4. The highest BCUT2D eigenvalue weighted by atomic mass is 127. The molecular weight excluding hydrogens is 579 g/mol. The van der Waals surface area contributed by atoms with Crippen molar-refractivity contribution in [2.24, 2.45) is 0 Å². The van der Waals surface area contributed by atoms with Gasteiger partial charge in [0.15, 0.2) is 18.2 Å². The zero-order valence-corrected chi connectivity index (χ0v) is 23.3. The van der Waals surface area contributed by atoms with Crippen LogP contribution < -0.4 is 14.2 Å². The molecule has 2 aromatic rings. The van der Waals surface area contributed by atoms with Gasteiger partial charge in [-0.15, -0.1) is 0 Å². The quantitative estimate of drug-likeness (QED) is 0.151. The summed E-state index contributed by atoms with van der Waals surface area (Å²) in [6.07, 6.45) is 3.14. The fourth-order valence-electron chi connectivity index (χ4n) is 3.80. The second kappa shape index (κ2) is 14.1. The minimum atomic E-state index is -1.09. The maximum absolute atomic E-state index is 12.2. The number of Topliss-reactive ketones (excluding diaryl/α,β-unsaturated/α-hetero) is 2. The number of halogens is 1. The van der Waals surface area contributed by atoms with Crippen molar-refractivity contribution in [1.29, 1.82) is 0 Å². The predicted octanol–water partition coefficient (Wildman–Crippen LogP) is 5.62. The number of carboxylic acid groups (broad SMARTS) is 1. The Kier molecular flexibility index (Phi) is 11.5. The summed E-state index contributed by atoms with van der Waals surface area (Å²) in [6, 6.07) is 4.82. The van der Waals surface area contributed by atoms with Gasteiger partial charge in [-0.05, 0) is 67.5 Å². The Morgan fingerprint density at radius 2 is 1.44 bits per heavy atom. The zero-order valence-electron chi connectivity index (χ0n) is 21.1. The van der Waals surface area contributed by atoms with Gasteiger partial charge in [-0.25, -0.2) is 4.79 Å². The molecule has 0 aliphatic heterocycles. The lowest BCUT2D eigenvalue weighted by molar-refractivity contribution is -0.139. The van der Waals surface area contributed by atoms with Gasteiger partial charge in [-0.3, -0.25) is 9.59 Å². The van der Waals surface area contributed by atoms with Crippen molar-refractivity contribution in [3.8, 4) is 23.0 Å². The van der Waals surface area contributed by atoms with Crippen LogP contribution >= 0.6 is 22.6 Å². The maximum Gasteiger partial charge on any atom is 0.341 e. The van der Waals surface area contributed by atoms with E-state index in [1.54, 1.807) is 18.2 Å². The number of carbonyl (C=O) groups excluding carboxylic acids is 2. The number of hydrogen-bond acceptors (Lipinski definition) is 7. The number of ether oxygens (including phenoxy) is 3. The minimum absolute atomic E-state index is 0.0375. The van der Waals surface area contributed by atoms with E-state index in [1.165, 1.54) is 13.8 Å². The largest absolute Gasteiger partial charge is 0.507 e. The van der Waals surface area contributed by atoms with Crippen molar-refractivity contribution >= 4 is 40.1 Å². The first-order valence-electron chi connectivity index (χ1n) is 11.9. The van der Waals surface area contributed by atoms with Crippen LogP contribution in [0.5, 0.6) is 23.0 Å². The van der Waals surface area contributed by atoms with E-state index in [9.17, 15) is 19.5 Å². The summed E-state index contributed by atoms with van der Waals surface area (Å²) >= 11 is 2.10. The Labute approximate surface area is 225 Å². The van der Waals surface area contributed by atoms with E-state index in [1.807, 2.05) is 13.8 Å². The molecule has 0 unspecified atom stereocenters. The monoisotopic (exact) mass is 612 g/mol. The molecule has 9 heteroatoms. The van der Waals surface area contributed by atoms with Crippen LogP contribution in [-0.2, 0) is 17.6 Å². The molecule has 0 fully saturated rings. The maximum atomic E-state index is 12.2. The van der Waals surface area contributed by atoms with Crippen LogP contribution in [0.25, 0.3) is 0 Å². The summed E-state index contributed by atoms with van der Waals surface area (Å²) in [5, 5.41) is 19.6. The van der Waals surface area contributed by atoms with Crippen molar-refractivity contribution in [3.05, 3.63) is 44.0 Å². The highest BCUT2D eigenvalue weighted by molar-refractivity contribution is 14.1. The van der Waals surface area contributed by atoms with Gasteiger partial charge in [0, 0.05) is 17.5 Å². The van der Waals surface area contributed by atoms with Gasteiger partial charge in [0.25, 0.3) is 0 Å². The molecular formula is C27H33IO8. The van der Waals surface area contributed by atoms with Gasteiger partial charge >= 0.3 is 5.97 Å².